The number of nitrogens with one attached hydrogen (secondary N) is 1. The van der Waals surface area contributed by atoms with Crippen LogP contribution in [0.4, 0.5) is 0 Å². The van der Waals surface area contributed by atoms with Crippen LogP contribution >= 0.6 is 0 Å². The zero-order valence-corrected chi connectivity index (χ0v) is 5.30. The Labute approximate surface area is 54.9 Å². The minimum absolute atomic E-state index is 0.323. The molecule has 0 radical (unpaired) electrons. The highest BCUT2D eigenvalue weighted by molar-refractivity contribution is 5.05. The molecule has 0 spiro atoms. The summed E-state index contributed by atoms with van der Waals surface area (Å²) >= 11 is 0. The number of fused-ring (bicyclic) bond motifs is 2. The van der Waals surface area contributed by atoms with Crippen molar-refractivity contribution in [3.8, 4) is 6.07 Å². The fraction of sp³-hybridized carbons (Fsp3) is 0.857. The van der Waals surface area contributed by atoms with Gasteiger partial charge < -0.3 is 5.32 Å². The van der Waals surface area contributed by atoms with Gasteiger partial charge in [0.15, 0.2) is 0 Å². The summed E-state index contributed by atoms with van der Waals surface area (Å²) < 4.78 is 0. The van der Waals surface area contributed by atoms with E-state index >= 15 is 0 Å². The predicted octanol–water partition coefficient (Wildman–Crippen LogP) is 0.650. The molecule has 2 nitrogen and oxygen atoms in total. The molecule has 48 valence electrons. The van der Waals surface area contributed by atoms with Gasteiger partial charge in [-0.25, -0.2) is 0 Å². The molecule has 0 amide bonds. The van der Waals surface area contributed by atoms with Gasteiger partial charge in [-0.3, -0.25) is 0 Å². The van der Waals surface area contributed by atoms with Gasteiger partial charge >= 0.3 is 0 Å². The first kappa shape index (κ1) is 5.25. The fourth-order valence-corrected chi connectivity index (χ4v) is 1.97. The molecule has 0 saturated carbocycles. The van der Waals surface area contributed by atoms with Gasteiger partial charge in [-0.1, -0.05) is 0 Å². The molecule has 2 aliphatic rings. The zero-order chi connectivity index (χ0) is 6.27. The molecule has 2 heteroatoms. The average Bonchev–Trinajstić information content (AvgIpc) is 2.45. The summed E-state index contributed by atoms with van der Waals surface area (Å²) in [6.45, 7) is 0. The summed E-state index contributed by atoms with van der Waals surface area (Å²) in [5, 5.41) is 12.0. The molecule has 3 unspecified atom stereocenters. The molecular weight excluding hydrogens is 112 g/mol. The van der Waals surface area contributed by atoms with Gasteiger partial charge in [-0.05, 0) is 19.3 Å². The summed E-state index contributed by atoms with van der Waals surface area (Å²) in [7, 11) is 0. The van der Waals surface area contributed by atoms with Gasteiger partial charge in [0.1, 0.15) is 0 Å². The molecule has 0 aromatic heterocycles. The van der Waals surface area contributed by atoms with E-state index < -0.39 is 0 Å². The second kappa shape index (κ2) is 1.71. The van der Waals surface area contributed by atoms with E-state index in [0.29, 0.717) is 18.0 Å². The third kappa shape index (κ3) is 0.650. The largest absolute Gasteiger partial charge is 0.310 e. The number of hydrogen-bond acceptors (Lipinski definition) is 2. The number of nitrogens with zero attached hydrogens (tertiary/aromatic N) is 1. The van der Waals surface area contributed by atoms with E-state index in [0.717, 1.165) is 6.42 Å². The molecule has 0 aliphatic carbocycles. The number of hydrogen-bond donors (Lipinski definition) is 1. The summed E-state index contributed by atoms with van der Waals surface area (Å²) in [6.07, 6.45) is 3.62. The van der Waals surface area contributed by atoms with Crippen LogP contribution in [-0.4, -0.2) is 12.1 Å². The molecule has 2 saturated heterocycles. The van der Waals surface area contributed by atoms with Crippen molar-refractivity contribution in [2.45, 2.75) is 31.3 Å². The van der Waals surface area contributed by atoms with Crippen molar-refractivity contribution in [3.63, 3.8) is 0 Å². The maximum atomic E-state index is 8.60. The van der Waals surface area contributed by atoms with Gasteiger partial charge in [0.25, 0.3) is 0 Å². The quantitative estimate of drug-likeness (QED) is 0.512. The maximum Gasteiger partial charge on any atom is 0.0672 e. The minimum Gasteiger partial charge on any atom is -0.310 e. The zero-order valence-electron chi connectivity index (χ0n) is 5.30. The first-order chi connectivity index (χ1) is 4.40. The van der Waals surface area contributed by atoms with Crippen molar-refractivity contribution >= 4 is 0 Å². The first-order valence-electron chi connectivity index (χ1n) is 3.56. The number of nitriles is 1. The van der Waals surface area contributed by atoms with Gasteiger partial charge in [0, 0.05) is 12.1 Å². The van der Waals surface area contributed by atoms with Crippen molar-refractivity contribution in [2.75, 3.05) is 0 Å². The minimum atomic E-state index is 0.323. The Morgan fingerprint density at radius 3 is 2.67 bits per heavy atom. The molecule has 2 fully saturated rings. The van der Waals surface area contributed by atoms with Crippen molar-refractivity contribution in [1.82, 2.24) is 5.32 Å². The predicted molar refractivity (Wildman–Crippen MR) is 33.7 cm³/mol. The van der Waals surface area contributed by atoms with Crippen LogP contribution in [0.2, 0.25) is 0 Å². The second-order valence-corrected chi connectivity index (χ2v) is 3.02. The third-order valence-electron chi connectivity index (χ3n) is 2.47. The lowest BCUT2D eigenvalue weighted by atomic mass is 9.91. The normalized spacial score (nSPS) is 47.2. The molecule has 2 heterocycles. The highest BCUT2D eigenvalue weighted by Crippen LogP contribution is 2.32. The monoisotopic (exact) mass is 122 g/mol. The van der Waals surface area contributed by atoms with Crippen molar-refractivity contribution in [2.24, 2.45) is 5.92 Å². The first-order valence-corrected chi connectivity index (χ1v) is 3.56. The van der Waals surface area contributed by atoms with Crippen LogP contribution in [0.5, 0.6) is 0 Å². The molecular formula is C7H10N2. The van der Waals surface area contributed by atoms with Crippen LogP contribution in [-0.2, 0) is 0 Å². The van der Waals surface area contributed by atoms with Gasteiger partial charge in [0.2, 0.25) is 0 Å². The summed E-state index contributed by atoms with van der Waals surface area (Å²) in [5.41, 5.74) is 0. The van der Waals surface area contributed by atoms with Crippen LogP contribution < -0.4 is 5.32 Å². The molecule has 2 bridgehead atoms. The van der Waals surface area contributed by atoms with Crippen molar-refractivity contribution < 1.29 is 0 Å². The average molecular weight is 122 g/mol. The Bertz CT molecular complexity index is 159. The molecule has 9 heavy (non-hydrogen) atoms. The van der Waals surface area contributed by atoms with Crippen LogP contribution in [0.15, 0.2) is 0 Å². The Balaban J connectivity index is 2.12. The highest BCUT2D eigenvalue weighted by atomic mass is 15.0. The summed E-state index contributed by atoms with van der Waals surface area (Å²) in [4.78, 5) is 0. The smallest absolute Gasteiger partial charge is 0.0672 e. The fourth-order valence-electron chi connectivity index (χ4n) is 1.97. The molecule has 1 N–H and O–H groups in total. The molecule has 0 aromatic rings. The topological polar surface area (TPSA) is 35.8 Å². The number of rotatable bonds is 0. The van der Waals surface area contributed by atoms with Crippen LogP contribution in [0.25, 0.3) is 0 Å². The lowest BCUT2D eigenvalue weighted by molar-refractivity contribution is 0.489. The Morgan fingerprint density at radius 2 is 2.33 bits per heavy atom. The lowest BCUT2D eigenvalue weighted by Gasteiger charge is -2.10. The van der Waals surface area contributed by atoms with Gasteiger partial charge in [-0.2, -0.15) is 5.26 Å². The SMILES string of the molecule is N#CC1CC2CCC1N2. The molecule has 2 rings (SSSR count). The van der Waals surface area contributed by atoms with Gasteiger partial charge in [-0.15, -0.1) is 0 Å². The molecule has 3 atom stereocenters. The van der Waals surface area contributed by atoms with E-state index in [9.17, 15) is 0 Å². The van der Waals surface area contributed by atoms with Crippen molar-refractivity contribution in [1.29, 1.82) is 5.26 Å². The van der Waals surface area contributed by atoms with E-state index in [1.165, 1.54) is 12.8 Å². The van der Waals surface area contributed by atoms with E-state index in [1.807, 2.05) is 0 Å². The van der Waals surface area contributed by atoms with Crippen LogP contribution in [0.1, 0.15) is 19.3 Å². The van der Waals surface area contributed by atoms with E-state index in [1.54, 1.807) is 0 Å². The third-order valence-corrected chi connectivity index (χ3v) is 2.47. The Hall–Kier alpha value is -0.550. The van der Waals surface area contributed by atoms with Gasteiger partial charge in [0.05, 0.1) is 12.0 Å². The summed E-state index contributed by atoms with van der Waals surface area (Å²) in [6, 6.07) is 3.55. The van der Waals surface area contributed by atoms with E-state index in [4.69, 9.17) is 5.26 Å². The lowest BCUT2D eigenvalue weighted by Crippen LogP contribution is -2.21. The standard InChI is InChI=1S/C7H10N2/c8-4-5-3-6-1-2-7(5)9-6/h5-7,9H,1-3H2. The summed E-state index contributed by atoms with van der Waals surface area (Å²) in [5.74, 6) is 0.323. The molecule has 2 aliphatic heterocycles. The van der Waals surface area contributed by atoms with Crippen molar-refractivity contribution in [3.05, 3.63) is 0 Å². The van der Waals surface area contributed by atoms with Crippen LogP contribution in [0.3, 0.4) is 0 Å². The van der Waals surface area contributed by atoms with E-state index in [2.05, 4.69) is 11.4 Å². The maximum absolute atomic E-state index is 8.60. The molecule has 0 aromatic carbocycles. The van der Waals surface area contributed by atoms with E-state index in [-0.39, 0.29) is 0 Å². The highest BCUT2D eigenvalue weighted by Gasteiger charge is 2.38. The Morgan fingerprint density at radius 1 is 1.44 bits per heavy atom. The second-order valence-electron chi connectivity index (χ2n) is 3.02. The Kier molecular flexibility index (Phi) is 1.000. The van der Waals surface area contributed by atoms with Crippen LogP contribution in [0, 0.1) is 17.2 Å².